The highest BCUT2D eigenvalue weighted by Crippen LogP contribution is 2.43. The monoisotopic (exact) mass is 758 g/mol. The van der Waals surface area contributed by atoms with Crippen LogP contribution in [0.1, 0.15) is 174 Å². The number of hydrogen-bond acceptors (Lipinski definition) is 9. The summed E-state index contributed by atoms with van der Waals surface area (Å²) in [6, 6.07) is 0. The third kappa shape index (κ3) is 36.5. The van der Waals surface area contributed by atoms with Crippen LogP contribution in [0.4, 0.5) is 0 Å². The second kappa shape index (κ2) is 37.5. The molecule has 3 unspecified atom stereocenters. The topological polar surface area (TPSA) is 155 Å². The first-order valence-electron chi connectivity index (χ1n) is 20.6. The molecule has 0 rings (SSSR count). The van der Waals surface area contributed by atoms with Gasteiger partial charge >= 0.3 is 19.8 Å². The van der Waals surface area contributed by atoms with Crippen molar-refractivity contribution in [3.8, 4) is 0 Å². The third-order valence-electron chi connectivity index (χ3n) is 8.60. The fourth-order valence-electron chi connectivity index (χ4n) is 5.47. The van der Waals surface area contributed by atoms with Gasteiger partial charge in [0.05, 0.1) is 19.3 Å². The summed E-state index contributed by atoms with van der Waals surface area (Å²) in [5.74, 6) is -0.889. The Morgan fingerprint density at radius 3 is 1.77 bits per heavy atom. The molecule has 10 nitrogen and oxygen atoms in total. The number of nitrogens with two attached hydrogens (primary N) is 1. The summed E-state index contributed by atoms with van der Waals surface area (Å²) in [7, 11) is -4.39. The number of rotatable bonds is 38. The Hall–Kier alpha value is -1.81. The number of carbonyl (C=O) groups excluding carboxylic acids is 2. The van der Waals surface area contributed by atoms with Gasteiger partial charge in [0.15, 0.2) is 6.10 Å². The molecule has 304 valence electrons. The molecule has 0 aliphatic heterocycles. The third-order valence-corrected chi connectivity index (χ3v) is 9.59. The van der Waals surface area contributed by atoms with Crippen molar-refractivity contribution in [2.75, 3.05) is 26.4 Å². The number of unbranched alkanes of at least 4 members (excludes halogenated alkanes) is 18. The Labute approximate surface area is 317 Å². The quantitative estimate of drug-likeness (QED) is 0.0182. The van der Waals surface area contributed by atoms with E-state index in [0.717, 1.165) is 89.9 Å². The second-order valence-corrected chi connectivity index (χ2v) is 15.2. The first-order chi connectivity index (χ1) is 25.2. The van der Waals surface area contributed by atoms with Crippen molar-refractivity contribution >= 4 is 19.8 Å². The molecule has 11 heteroatoms. The van der Waals surface area contributed by atoms with E-state index < -0.39 is 32.5 Å². The van der Waals surface area contributed by atoms with Crippen LogP contribution in [0.15, 0.2) is 36.5 Å². The van der Waals surface area contributed by atoms with E-state index in [1.807, 2.05) is 18.2 Å². The molecule has 0 aliphatic rings. The Morgan fingerprint density at radius 1 is 0.654 bits per heavy atom. The minimum absolute atomic E-state index is 0.0403. The molecule has 0 aliphatic carbocycles. The molecule has 0 bridgehead atoms. The normalized spacial score (nSPS) is 14.3. The highest BCUT2D eigenvalue weighted by atomic mass is 31.2. The first-order valence-corrected chi connectivity index (χ1v) is 22.1. The van der Waals surface area contributed by atoms with Crippen molar-refractivity contribution in [1.29, 1.82) is 0 Å². The molecule has 0 spiro atoms. The van der Waals surface area contributed by atoms with Crippen LogP contribution in [0.2, 0.25) is 0 Å². The number of ether oxygens (including phenoxy) is 2. The van der Waals surface area contributed by atoms with Crippen molar-refractivity contribution in [2.45, 2.75) is 187 Å². The van der Waals surface area contributed by atoms with Crippen LogP contribution < -0.4 is 5.73 Å². The van der Waals surface area contributed by atoms with Crippen LogP contribution in [0.3, 0.4) is 0 Å². The number of aliphatic hydroxyl groups is 1. The van der Waals surface area contributed by atoms with Gasteiger partial charge in [0.1, 0.15) is 6.61 Å². The molecule has 3 atom stereocenters. The van der Waals surface area contributed by atoms with Crippen LogP contribution in [0, 0.1) is 0 Å². The molecular formula is C41H76NO9P. The summed E-state index contributed by atoms with van der Waals surface area (Å²) in [4.78, 5) is 34.8. The van der Waals surface area contributed by atoms with Crippen LogP contribution in [0.25, 0.3) is 0 Å². The largest absolute Gasteiger partial charge is 0.472 e. The van der Waals surface area contributed by atoms with Crippen molar-refractivity contribution < 1.29 is 42.7 Å². The van der Waals surface area contributed by atoms with E-state index in [-0.39, 0.29) is 38.7 Å². The molecule has 0 amide bonds. The maximum Gasteiger partial charge on any atom is 0.472 e. The molecule has 0 aromatic heterocycles. The van der Waals surface area contributed by atoms with E-state index in [1.54, 1.807) is 0 Å². The van der Waals surface area contributed by atoms with Gasteiger partial charge < -0.3 is 25.2 Å². The Bertz CT molecular complexity index is 972. The van der Waals surface area contributed by atoms with Gasteiger partial charge in [0.25, 0.3) is 0 Å². The van der Waals surface area contributed by atoms with E-state index in [2.05, 4.69) is 32.1 Å². The average molecular weight is 758 g/mol. The zero-order valence-electron chi connectivity index (χ0n) is 32.9. The van der Waals surface area contributed by atoms with Gasteiger partial charge in [-0.15, -0.1) is 0 Å². The summed E-state index contributed by atoms with van der Waals surface area (Å²) >= 11 is 0. The summed E-state index contributed by atoms with van der Waals surface area (Å²) in [6.07, 6.45) is 36.4. The molecule has 52 heavy (non-hydrogen) atoms. The van der Waals surface area contributed by atoms with E-state index in [4.69, 9.17) is 24.3 Å². The lowest BCUT2D eigenvalue weighted by Gasteiger charge is -2.19. The number of aliphatic hydroxyl groups excluding tert-OH is 1. The van der Waals surface area contributed by atoms with Gasteiger partial charge in [-0.05, 0) is 57.8 Å². The number of hydrogen-bond donors (Lipinski definition) is 3. The highest BCUT2D eigenvalue weighted by Gasteiger charge is 2.26. The highest BCUT2D eigenvalue weighted by molar-refractivity contribution is 7.47. The molecule has 0 saturated carbocycles. The lowest BCUT2D eigenvalue weighted by atomic mass is 10.1. The minimum atomic E-state index is -4.39. The molecular weight excluding hydrogens is 681 g/mol. The van der Waals surface area contributed by atoms with E-state index in [9.17, 15) is 24.2 Å². The first kappa shape index (κ1) is 50.2. The van der Waals surface area contributed by atoms with Crippen LogP contribution in [-0.4, -0.2) is 60.5 Å². The summed E-state index contributed by atoms with van der Waals surface area (Å²) in [6.45, 7) is 3.54. The number of phosphoric ester groups is 1. The fraction of sp³-hybridized carbons (Fsp3) is 0.805. The fourth-order valence-corrected chi connectivity index (χ4v) is 6.24. The van der Waals surface area contributed by atoms with Crippen LogP contribution >= 0.6 is 7.82 Å². The number of carbonyl (C=O) groups is 2. The Balaban J connectivity index is 4.27. The summed E-state index contributed by atoms with van der Waals surface area (Å²) in [5, 5.41) is 9.91. The zero-order valence-corrected chi connectivity index (χ0v) is 33.8. The molecule has 0 radical (unpaired) electrons. The lowest BCUT2D eigenvalue weighted by Crippen LogP contribution is -2.29. The van der Waals surface area contributed by atoms with Gasteiger partial charge in [-0.1, -0.05) is 140 Å². The van der Waals surface area contributed by atoms with Gasteiger partial charge in [0, 0.05) is 19.4 Å². The zero-order chi connectivity index (χ0) is 38.4. The molecule has 0 aromatic rings. The molecule has 4 N–H and O–H groups in total. The molecule has 0 saturated heterocycles. The summed E-state index contributed by atoms with van der Waals surface area (Å²) in [5.41, 5.74) is 5.33. The second-order valence-electron chi connectivity index (χ2n) is 13.7. The molecule has 0 fully saturated rings. The van der Waals surface area contributed by atoms with Crippen molar-refractivity contribution in [3.05, 3.63) is 36.5 Å². The Morgan fingerprint density at radius 2 is 1.17 bits per heavy atom. The van der Waals surface area contributed by atoms with Crippen LogP contribution in [0.5, 0.6) is 0 Å². The van der Waals surface area contributed by atoms with Crippen molar-refractivity contribution in [3.63, 3.8) is 0 Å². The van der Waals surface area contributed by atoms with E-state index in [0.29, 0.717) is 12.8 Å². The predicted octanol–water partition coefficient (Wildman–Crippen LogP) is 10.4. The smallest absolute Gasteiger partial charge is 0.462 e. The van der Waals surface area contributed by atoms with Crippen molar-refractivity contribution in [1.82, 2.24) is 0 Å². The number of allylic oxidation sites excluding steroid dienone is 5. The Kier molecular flexibility index (Phi) is 36.2. The minimum Gasteiger partial charge on any atom is -0.462 e. The molecule has 0 aromatic carbocycles. The maximum absolute atomic E-state index is 12.5. The summed E-state index contributed by atoms with van der Waals surface area (Å²) < 4.78 is 32.7. The standard InChI is InChI=1S/C41H76NO9P/c1-3-5-7-8-9-10-11-12-13-14-15-18-21-24-28-32-40(44)48-36-39(37-50-52(46,47)49-35-34-42)51-41(45)33-29-25-22-19-16-17-20-23-27-31-38(43)30-26-6-4-2/h12-13,20,23,27,31,38-39,43H,3-11,14-19,21-22,24-26,28-30,32-37,42H2,1-2H3,(H,46,47)/b13-12-,23-20-,31-27+. The number of phosphoric acid groups is 1. The molecule has 0 heterocycles. The van der Waals surface area contributed by atoms with Gasteiger partial charge in [-0.25, -0.2) is 4.57 Å². The number of esters is 2. The lowest BCUT2D eigenvalue weighted by molar-refractivity contribution is -0.161. The van der Waals surface area contributed by atoms with Gasteiger partial charge in [-0.3, -0.25) is 18.6 Å². The average Bonchev–Trinajstić information content (AvgIpc) is 3.12. The predicted molar refractivity (Wildman–Crippen MR) is 212 cm³/mol. The van der Waals surface area contributed by atoms with Gasteiger partial charge in [-0.2, -0.15) is 0 Å². The van der Waals surface area contributed by atoms with Gasteiger partial charge in [0.2, 0.25) is 0 Å². The SMILES string of the molecule is CCCCCCCC/C=C\CCCCCCCC(=O)OCC(COP(=O)(O)OCCN)OC(=O)CCCCCCC/C=C\C=C\C(O)CCCCC. The van der Waals surface area contributed by atoms with Crippen molar-refractivity contribution in [2.24, 2.45) is 5.73 Å². The maximum atomic E-state index is 12.5. The van der Waals surface area contributed by atoms with Crippen LogP contribution in [-0.2, 0) is 32.7 Å². The van der Waals surface area contributed by atoms with E-state index in [1.165, 1.54) is 44.9 Å². The van der Waals surface area contributed by atoms with E-state index >= 15 is 0 Å².